The molecule has 0 bridgehead atoms. The number of rotatable bonds is 5. The maximum absolute atomic E-state index is 5.66. The van der Waals surface area contributed by atoms with Crippen LogP contribution in [-0.2, 0) is 6.42 Å². The van der Waals surface area contributed by atoms with E-state index in [-0.39, 0.29) is 6.04 Å². The lowest BCUT2D eigenvalue weighted by Gasteiger charge is -2.11. The molecular weight excluding hydrogens is 284 g/mol. The second-order valence-electron chi connectivity index (χ2n) is 4.68. The number of hydrazine groups is 1. The highest BCUT2D eigenvalue weighted by Crippen LogP contribution is 2.18. The molecule has 21 heavy (non-hydrogen) atoms. The van der Waals surface area contributed by atoms with E-state index < -0.39 is 0 Å². The topological polar surface area (TPSA) is 81.6 Å². The van der Waals surface area contributed by atoms with Crippen LogP contribution in [0.5, 0.6) is 0 Å². The van der Waals surface area contributed by atoms with Gasteiger partial charge in [0.1, 0.15) is 5.69 Å². The van der Waals surface area contributed by atoms with Crippen molar-refractivity contribution in [2.24, 2.45) is 5.84 Å². The Hall–Kier alpha value is -2.09. The second-order valence-corrected chi connectivity index (χ2v) is 5.74. The van der Waals surface area contributed by atoms with Crippen LogP contribution in [0.3, 0.4) is 0 Å². The molecule has 0 radical (unpaired) electrons. The molecule has 0 amide bonds. The summed E-state index contributed by atoms with van der Waals surface area (Å²) >= 11 is 1.63. The summed E-state index contributed by atoms with van der Waals surface area (Å²) in [5.41, 5.74) is 5.52. The molecule has 2 heterocycles. The van der Waals surface area contributed by atoms with Gasteiger partial charge in [-0.2, -0.15) is 15.0 Å². The summed E-state index contributed by atoms with van der Waals surface area (Å²) in [6.45, 7) is 1.99. The van der Waals surface area contributed by atoms with E-state index in [1.807, 2.05) is 42.6 Å². The zero-order chi connectivity index (χ0) is 14.7. The fraction of sp³-hybridized carbons (Fsp3) is 0.214. The molecule has 0 saturated carbocycles. The standard InChI is InChI=1S/C14H16N6S/c1-10-17-11(9-21-10)7-13(18-15)14-8-16-20(19-14)12-5-3-2-4-6-12/h2-6,8-9,13,18H,7,15H2,1H3. The fourth-order valence-corrected chi connectivity index (χ4v) is 2.71. The SMILES string of the molecule is Cc1nc(CC(NN)c2cnn(-c3ccccc3)n2)cs1. The molecule has 1 aromatic carbocycles. The summed E-state index contributed by atoms with van der Waals surface area (Å²) in [5.74, 6) is 5.66. The molecule has 108 valence electrons. The monoisotopic (exact) mass is 300 g/mol. The van der Waals surface area contributed by atoms with Crippen LogP contribution < -0.4 is 11.3 Å². The third kappa shape index (κ3) is 3.15. The molecule has 2 aromatic heterocycles. The number of aryl methyl sites for hydroxylation is 1. The van der Waals surface area contributed by atoms with Crippen LogP contribution in [0.1, 0.15) is 22.4 Å². The molecule has 0 aliphatic heterocycles. The first-order valence-corrected chi connectivity index (χ1v) is 7.49. The fourth-order valence-electron chi connectivity index (χ4n) is 2.08. The van der Waals surface area contributed by atoms with E-state index in [0.717, 1.165) is 22.1 Å². The number of nitrogens with zero attached hydrogens (tertiary/aromatic N) is 4. The van der Waals surface area contributed by atoms with Gasteiger partial charge in [-0.15, -0.1) is 11.3 Å². The molecule has 3 N–H and O–H groups in total. The lowest BCUT2D eigenvalue weighted by Crippen LogP contribution is -2.30. The highest BCUT2D eigenvalue weighted by Gasteiger charge is 2.16. The van der Waals surface area contributed by atoms with Gasteiger partial charge in [0, 0.05) is 11.8 Å². The molecule has 0 fully saturated rings. The molecule has 0 aliphatic rings. The van der Waals surface area contributed by atoms with Gasteiger partial charge in [0.25, 0.3) is 0 Å². The minimum atomic E-state index is -0.107. The molecule has 1 unspecified atom stereocenters. The van der Waals surface area contributed by atoms with Gasteiger partial charge < -0.3 is 0 Å². The van der Waals surface area contributed by atoms with E-state index in [9.17, 15) is 0 Å². The third-order valence-corrected chi connectivity index (χ3v) is 3.96. The van der Waals surface area contributed by atoms with E-state index in [2.05, 4.69) is 20.6 Å². The molecule has 3 rings (SSSR count). The largest absolute Gasteiger partial charge is 0.271 e. The number of nitrogens with one attached hydrogen (secondary N) is 1. The van der Waals surface area contributed by atoms with Crippen LogP contribution in [0.4, 0.5) is 0 Å². The first kappa shape index (κ1) is 13.9. The van der Waals surface area contributed by atoms with Crippen molar-refractivity contribution in [3.05, 3.63) is 58.3 Å². The van der Waals surface area contributed by atoms with Crippen molar-refractivity contribution < 1.29 is 0 Å². The number of hydrogen-bond donors (Lipinski definition) is 2. The van der Waals surface area contributed by atoms with E-state index in [4.69, 9.17) is 5.84 Å². The molecule has 1 atom stereocenters. The Morgan fingerprint density at radius 3 is 2.81 bits per heavy atom. The van der Waals surface area contributed by atoms with Gasteiger partial charge in [-0.05, 0) is 19.1 Å². The van der Waals surface area contributed by atoms with Crippen molar-refractivity contribution in [1.29, 1.82) is 0 Å². The Kier molecular flexibility index (Phi) is 4.05. The van der Waals surface area contributed by atoms with Gasteiger partial charge in [0.2, 0.25) is 0 Å². The molecule has 6 nitrogen and oxygen atoms in total. The molecule has 0 aliphatic carbocycles. The van der Waals surface area contributed by atoms with Gasteiger partial charge in [0.15, 0.2) is 0 Å². The smallest absolute Gasteiger partial charge is 0.102 e. The third-order valence-electron chi connectivity index (χ3n) is 3.13. The average Bonchev–Trinajstić information content (AvgIpc) is 3.15. The van der Waals surface area contributed by atoms with Crippen molar-refractivity contribution in [2.75, 3.05) is 0 Å². The highest BCUT2D eigenvalue weighted by atomic mass is 32.1. The Labute approximate surface area is 126 Å². The second kappa shape index (κ2) is 6.13. The number of aromatic nitrogens is 4. The maximum atomic E-state index is 5.66. The van der Waals surface area contributed by atoms with Gasteiger partial charge >= 0.3 is 0 Å². The summed E-state index contributed by atoms with van der Waals surface area (Å²) in [6, 6.07) is 9.67. The average molecular weight is 300 g/mol. The van der Waals surface area contributed by atoms with Crippen LogP contribution in [0.15, 0.2) is 41.9 Å². The lowest BCUT2D eigenvalue weighted by atomic mass is 10.1. The molecular formula is C14H16N6S. The number of benzene rings is 1. The Bertz CT molecular complexity index is 705. The number of nitrogens with two attached hydrogens (primary N) is 1. The number of para-hydroxylation sites is 1. The van der Waals surface area contributed by atoms with Crippen molar-refractivity contribution in [3.63, 3.8) is 0 Å². The van der Waals surface area contributed by atoms with E-state index in [0.29, 0.717) is 6.42 Å². The minimum Gasteiger partial charge on any atom is -0.271 e. The maximum Gasteiger partial charge on any atom is 0.102 e. The highest BCUT2D eigenvalue weighted by molar-refractivity contribution is 7.09. The number of thiazole rings is 1. The Morgan fingerprint density at radius 1 is 1.33 bits per heavy atom. The van der Waals surface area contributed by atoms with Crippen LogP contribution >= 0.6 is 11.3 Å². The summed E-state index contributed by atoms with van der Waals surface area (Å²) in [4.78, 5) is 6.06. The van der Waals surface area contributed by atoms with Crippen molar-refractivity contribution in [3.8, 4) is 5.69 Å². The zero-order valence-electron chi connectivity index (χ0n) is 11.6. The van der Waals surface area contributed by atoms with Gasteiger partial charge in [-0.1, -0.05) is 18.2 Å². The summed E-state index contributed by atoms with van der Waals surface area (Å²) < 4.78 is 0. The molecule has 0 spiro atoms. The molecule has 3 aromatic rings. The summed E-state index contributed by atoms with van der Waals surface area (Å²) in [7, 11) is 0. The van der Waals surface area contributed by atoms with E-state index in [1.165, 1.54) is 0 Å². The predicted octanol–water partition coefficient (Wildman–Crippen LogP) is 1.78. The normalized spacial score (nSPS) is 12.5. The van der Waals surface area contributed by atoms with Crippen molar-refractivity contribution >= 4 is 11.3 Å². The summed E-state index contributed by atoms with van der Waals surface area (Å²) in [6.07, 6.45) is 2.42. The van der Waals surface area contributed by atoms with Crippen LogP contribution in [-0.4, -0.2) is 20.0 Å². The van der Waals surface area contributed by atoms with Crippen LogP contribution in [0, 0.1) is 6.92 Å². The predicted molar refractivity (Wildman–Crippen MR) is 82.0 cm³/mol. The van der Waals surface area contributed by atoms with Crippen LogP contribution in [0.2, 0.25) is 0 Å². The van der Waals surface area contributed by atoms with Crippen molar-refractivity contribution in [2.45, 2.75) is 19.4 Å². The zero-order valence-corrected chi connectivity index (χ0v) is 12.4. The Balaban J connectivity index is 1.80. The van der Waals surface area contributed by atoms with Gasteiger partial charge in [-0.3, -0.25) is 11.3 Å². The lowest BCUT2D eigenvalue weighted by molar-refractivity contribution is 0.528. The van der Waals surface area contributed by atoms with E-state index in [1.54, 1.807) is 22.3 Å². The first-order chi connectivity index (χ1) is 10.3. The first-order valence-electron chi connectivity index (χ1n) is 6.61. The molecule has 7 heteroatoms. The minimum absolute atomic E-state index is 0.107. The van der Waals surface area contributed by atoms with Gasteiger partial charge in [0.05, 0.1) is 28.6 Å². The molecule has 0 saturated heterocycles. The number of hydrogen-bond acceptors (Lipinski definition) is 6. The van der Waals surface area contributed by atoms with Crippen LogP contribution in [0.25, 0.3) is 5.69 Å². The quantitative estimate of drug-likeness (QED) is 0.554. The van der Waals surface area contributed by atoms with Gasteiger partial charge in [-0.25, -0.2) is 4.98 Å². The Morgan fingerprint density at radius 2 is 2.14 bits per heavy atom. The van der Waals surface area contributed by atoms with E-state index >= 15 is 0 Å². The summed E-state index contributed by atoms with van der Waals surface area (Å²) in [5, 5.41) is 11.9. The van der Waals surface area contributed by atoms with Crippen molar-refractivity contribution in [1.82, 2.24) is 25.4 Å².